The van der Waals surface area contributed by atoms with Crippen molar-refractivity contribution in [1.82, 2.24) is 9.80 Å². The zero-order valence-electron chi connectivity index (χ0n) is 22.5. The summed E-state index contributed by atoms with van der Waals surface area (Å²) in [6, 6.07) is 5.64. The second-order valence-electron chi connectivity index (χ2n) is 13.1. The molecule has 4 unspecified atom stereocenters. The highest BCUT2D eigenvalue weighted by Crippen LogP contribution is 2.65. The summed E-state index contributed by atoms with van der Waals surface area (Å²) in [6.45, 7) is 3.42. The molecule has 0 bridgehead atoms. The number of halogens is 1. The molecule has 7 aliphatic rings. The zero-order valence-corrected chi connectivity index (χ0v) is 22.5. The molecule has 1 aromatic carbocycles. The van der Waals surface area contributed by atoms with E-state index in [-0.39, 0.29) is 41.2 Å². The first kappa shape index (κ1) is 24.4. The maximum Gasteiger partial charge on any atom is 0.414 e. The van der Waals surface area contributed by atoms with Crippen LogP contribution in [0.2, 0.25) is 0 Å². The van der Waals surface area contributed by atoms with Crippen molar-refractivity contribution >= 4 is 17.9 Å². The summed E-state index contributed by atoms with van der Waals surface area (Å²) < 4.78 is 31.4. The van der Waals surface area contributed by atoms with Crippen LogP contribution in [0.1, 0.15) is 69.8 Å². The molecule has 0 N–H and O–H groups in total. The van der Waals surface area contributed by atoms with Gasteiger partial charge < -0.3 is 19.1 Å². The molecular formula is C30H38FN3O5. The number of carbonyl (C=O) groups is 2. The number of ether oxygens (including phenoxy) is 3. The molecule has 0 aromatic heterocycles. The van der Waals surface area contributed by atoms with Gasteiger partial charge in [-0.1, -0.05) is 0 Å². The molecular weight excluding hydrogens is 501 g/mol. The maximum absolute atomic E-state index is 14.5. The number of piperidine rings is 2. The van der Waals surface area contributed by atoms with E-state index in [1.54, 1.807) is 17.0 Å². The van der Waals surface area contributed by atoms with Gasteiger partial charge in [0.05, 0.1) is 30.5 Å². The molecule has 1 aromatic rings. The average molecular weight is 540 g/mol. The molecule has 39 heavy (non-hydrogen) atoms. The van der Waals surface area contributed by atoms with E-state index in [4.69, 9.17) is 14.2 Å². The highest BCUT2D eigenvalue weighted by Gasteiger charge is 2.75. The molecule has 2 amide bonds. The fourth-order valence-electron chi connectivity index (χ4n) is 9.00. The van der Waals surface area contributed by atoms with Gasteiger partial charge in [-0.2, -0.15) is 0 Å². The lowest BCUT2D eigenvalue weighted by Gasteiger charge is -2.42. The van der Waals surface area contributed by atoms with Crippen molar-refractivity contribution < 1.29 is 28.2 Å². The second-order valence-corrected chi connectivity index (χ2v) is 13.1. The Labute approximate surface area is 228 Å². The van der Waals surface area contributed by atoms with Gasteiger partial charge >= 0.3 is 12.2 Å². The molecule has 9 heteroatoms. The number of hydrogen-bond donors (Lipinski definition) is 0. The number of hydrogen-bond acceptors (Lipinski definition) is 6. The molecule has 6 fully saturated rings. The Kier molecular flexibility index (Phi) is 5.51. The van der Waals surface area contributed by atoms with Gasteiger partial charge in [-0.25, -0.2) is 14.0 Å². The lowest BCUT2D eigenvalue weighted by atomic mass is 9.74. The van der Waals surface area contributed by atoms with Crippen LogP contribution in [0.4, 0.5) is 19.7 Å². The first-order valence-electron chi connectivity index (χ1n) is 15.1. The van der Waals surface area contributed by atoms with Gasteiger partial charge in [0.25, 0.3) is 0 Å². The molecule has 8 nitrogen and oxygen atoms in total. The maximum atomic E-state index is 14.5. The molecule has 4 heterocycles. The third-order valence-corrected chi connectivity index (χ3v) is 11.3. The SMILES string of the molecule is O=C(O[C@@H]1CCOC1)N1CC2(CCN(C3CC4CCC5N(C(=O)OC6CCC6)C45C3)CC2)c2cc(F)ccc21. The molecule has 5 atom stereocenters. The number of anilines is 1. The number of fused-ring (bicyclic) bond motifs is 2. The van der Waals surface area contributed by atoms with Crippen molar-refractivity contribution in [1.29, 1.82) is 0 Å². The third kappa shape index (κ3) is 3.68. The van der Waals surface area contributed by atoms with Crippen molar-refractivity contribution in [2.24, 2.45) is 5.92 Å². The van der Waals surface area contributed by atoms with Gasteiger partial charge in [0.1, 0.15) is 18.0 Å². The minimum absolute atomic E-state index is 0.0221. The smallest absolute Gasteiger partial charge is 0.414 e. The van der Waals surface area contributed by atoms with Crippen LogP contribution in [0.25, 0.3) is 0 Å². The van der Waals surface area contributed by atoms with E-state index >= 15 is 0 Å². The van der Waals surface area contributed by atoms with E-state index in [0.29, 0.717) is 37.8 Å². The Hall–Kier alpha value is -2.39. The Morgan fingerprint density at radius 3 is 2.56 bits per heavy atom. The van der Waals surface area contributed by atoms with Gasteiger partial charge in [-0.05, 0) is 101 Å². The summed E-state index contributed by atoms with van der Waals surface area (Å²) in [4.78, 5) is 32.6. The van der Waals surface area contributed by atoms with Crippen molar-refractivity contribution in [3.8, 4) is 0 Å². The molecule has 4 aliphatic heterocycles. The van der Waals surface area contributed by atoms with Crippen LogP contribution < -0.4 is 4.90 Å². The van der Waals surface area contributed by atoms with Gasteiger partial charge in [0.2, 0.25) is 0 Å². The van der Waals surface area contributed by atoms with Gasteiger partial charge in [0.15, 0.2) is 0 Å². The predicted molar refractivity (Wildman–Crippen MR) is 140 cm³/mol. The van der Waals surface area contributed by atoms with Gasteiger partial charge in [-0.15, -0.1) is 0 Å². The molecule has 3 saturated heterocycles. The fraction of sp³-hybridized carbons (Fsp3) is 0.733. The minimum atomic E-state index is -0.353. The molecule has 210 valence electrons. The van der Waals surface area contributed by atoms with Gasteiger partial charge in [-0.3, -0.25) is 9.80 Å². The quantitative estimate of drug-likeness (QED) is 0.524. The number of amides is 2. The van der Waals surface area contributed by atoms with E-state index in [9.17, 15) is 14.0 Å². The first-order valence-corrected chi connectivity index (χ1v) is 15.1. The van der Waals surface area contributed by atoms with E-state index in [2.05, 4.69) is 9.80 Å². The highest BCUT2D eigenvalue weighted by molar-refractivity contribution is 5.91. The summed E-state index contributed by atoms with van der Waals surface area (Å²) in [5, 5.41) is 0. The minimum Gasteiger partial charge on any atom is -0.446 e. The number of carbonyl (C=O) groups excluding carboxylic acids is 2. The van der Waals surface area contributed by atoms with Gasteiger partial charge in [0, 0.05) is 24.4 Å². The Morgan fingerprint density at radius 1 is 1.00 bits per heavy atom. The van der Waals surface area contributed by atoms with Crippen LogP contribution in [0.3, 0.4) is 0 Å². The van der Waals surface area contributed by atoms with E-state index in [0.717, 1.165) is 75.7 Å². The molecule has 8 rings (SSSR count). The fourth-order valence-corrected chi connectivity index (χ4v) is 9.00. The predicted octanol–water partition coefficient (Wildman–Crippen LogP) is 4.59. The molecule has 3 aliphatic carbocycles. The number of nitrogens with zero attached hydrogens (tertiary/aromatic N) is 3. The van der Waals surface area contributed by atoms with Crippen molar-refractivity contribution in [3.05, 3.63) is 29.6 Å². The average Bonchev–Trinajstić information content (AvgIpc) is 3.42. The van der Waals surface area contributed by atoms with Crippen molar-refractivity contribution in [2.45, 2.75) is 99.5 Å². The number of rotatable bonds is 3. The number of likely N-dealkylation sites (tertiary alicyclic amines) is 2. The monoisotopic (exact) mass is 539 g/mol. The van der Waals surface area contributed by atoms with Crippen LogP contribution in [-0.4, -0.2) is 84.7 Å². The lowest BCUT2D eigenvalue weighted by molar-refractivity contribution is 0.0351. The normalized spacial score (nSPS) is 36.4. The first-order chi connectivity index (χ1) is 19.0. The Balaban J connectivity index is 0.952. The topological polar surface area (TPSA) is 71.3 Å². The zero-order chi connectivity index (χ0) is 26.4. The summed E-state index contributed by atoms with van der Waals surface area (Å²) in [6.07, 6.45) is 9.67. The number of benzene rings is 1. The summed E-state index contributed by atoms with van der Waals surface area (Å²) in [7, 11) is 0. The van der Waals surface area contributed by atoms with E-state index < -0.39 is 0 Å². The molecule has 3 saturated carbocycles. The molecule has 0 radical (unpaired) electrons. The van der Waals surface area contributed by atoms with Crippen LogP contribution in [-0.2, 0) is 19.6 Å². The highest BCUT2D eigenvalue weighted by atomic mass is 19.1. The summed E-state index contributed by atoms with van der Waals surface area (Å²) >= 11 is 0. The van der Waals surface area contributed by atoms with Crippen LogP contribution in [0, 0.1) is 11.7 Å². The second kappa shape index (κ2) is 8.80. The van der Waals surface area contributed by atoms with Crippen LogP contribution in [0.5, 0.6) is 0 Å². The van der Waals surface area contributed by atoms with E-state index in [1.807, 2.05) is 0 Å². The summed E-state index contributed by atoms with van der Waals surface area (Å²) in [5.41, 5.74) is 1.49. The Morgan fingerprint density at radius 2 is 1.82 bits per heavy atom. The lowest BCUT2D eigenvalue weighted by Crippen LogP contribution is -2.49. The third-order valence-electron chi connectivity index (χ3n) is 11.3. The van der Waals surface area contributed by atoms with Crippen LogP contribution >= 0.6 is 0 Å². The van der Waals surface area contributed by atoms with E-state index in [1.165, 1.54) is 18.9 Å². The van der Waals surface area contributed by atoms with Crippen molar-refractivity contribution in [3.63, 3.8) is 0 Å². The van der Waals surface area contributed by atoms with Crippen molar-refractivity contribution in [2.75, 3.05) is 37.7 Å². The largest absolute Gasteiger partial charge is 0.446 e. The summed E-state index contributed by atoms with van der Waals surface area (Å²) in [5.74, 6) is 0.315. The Bertz CT molecular complexity index is 1180. The molecule has 2 spiro atoms. The standard InChI is InChI=1S/C30H38FN3O5/c31-20-5-6-25-24(15-20)29(18-33(25)27(35)39-23-8-13-37-17-23)9-11-32(12-10-29)21-14-19-4-7-26-30(19,16-21)34(26)28(36)38-22-2-1-3-22/h5-6,15,19,21-23,26H,1-4,7-14,16-18H2/t19?,21?,23-,26?,30?,34?/m1/s1. The van der Waals surface area contributed by atoms with Crippen LogP contribution in [0.15, 0.2) is 18.2 Å².